The molecule has 1 aliphatic heterocycles. The van der Waals surface area contributed by atoms with Crippen LogP contribution in [0.1, 0.15) is 5.56 Å². The Kier molecular flexibility index (Phi) is 3.13. The molecule has 1 aromatic heterocycles. The zero-order valence-electron chi connectivity index (χ0n) is 10.6. The Hall–Kier alpha value is -1.65. The van der Waals surface area contributed by atoms with E-state index in [1.54, 1.807) is 6.20 Å². The van der Waals surface area contributed by atoms with Crippen molar-refractivity contribution in [2.24, 2.45) is 0 Å². The van der Waals surface area contributed by atoms with Gasteiger partial charge in [0.25, 0.3) is 0 Å². The first-order valence-electron chi connectivity index (χ1n) is 6.33. The summed E-state index contributed by atoms with van der Waals surface area (Å²) in [6.45, 7) is 3.23. The molecule has 1 fully saturated rings. The average molecular weight is 242 g/mol. The van der Waals surface area contributed by atoms with Gasteiger partial charge in [-0.3, -0.25) is 4.90 Å². The van der Waals surface area contributed by atoms with Gasteiger partial charge >= 0.3 is 0 Å². The van der Waals surface area contributed by atoms with Crippen LogP contribution in [0.5, 0.6) is 0 Å². The van der Waals surface area contributed by atoms with Gasteiger partial charge in [0.2, 0.25) is 0 Å². The molecule has 1 N–H and O–H groups in total. The summed E-state index contributed by atoms with van der Waals surface area (Å²) in [4.78, 5) is 2.40. The van der Waals surface area contributed by atoms with E-state index in [1.165, 1.54) is 5.56 Å². The van der Waals surface area contributed by atoms with Crippen molar-refractivity contribution in [3.8, 4) is 5.69 Å². The molecule has 0 aliphatic carbocycles. The van der Waals surface area contributed by atoms with Gasteiger partial charge in [0.1, 0.15) is 0 Å². The number of hydrogen-bond acceptors (Lipinski definition) is 3. The number of hydrogen-bond donors (Lipinski definition) is 1. The fourth-order valence-electron chi connectivity index (χ4n) is 2.18. The van der Waals surface area contributed by atoms with Crippen LogP contribution in [0.4, 0.5) is 0 Å². The third-order valence-corrected chi connectivity index (χ3v) is 3.52. The van der Waals surface area contributed by atoms with Crippen molar-refractivity contribution >= 4 is 0 Å². The molecule has 4 nitrogen and oxygen atoms in total. The van der Waals surface area contributed by atoms with E-state index in [4.69, 9.17) is 0 Å². The highest BCUT2D eigenvalue weighted by molar-refractivity contribution is 5.33. The summed E-state index contributed by atoms with van der Waals surface area (Å²) < 4.78 is 1.88. The van der Waals surface area contributed by atoms with Crippen molar-refractivity contribution in [2.45, 2.75) is 12.6 Å². The molecule has 94 valence electrons. The van der Waals surface area contributed by atoms with E-state index < -0.39 is 0 Å². The second kappa shape index (κ2) is 4.92. The molecule has 0 bridgehead atoms. The lowest BCUT2D eigenvalue weighted by Gasteiger charge is -2.35. The summed E-state index contributed by atoms with van der Waals surface area (Å²) in [5.41, 5.74) is 2.46. The molecule has 1 aromatic carbocycles. The van der Waals surface area contributed by atoms with Crippen molar-refractivity contribution < 1.29 is 0 Å². The average Bonchev–Trinajstić information content (AvgIpc) is 2.81. The summed E-state index contributed by atoms with van der Waals surface area (Å²) in [5, 5.41) is 7.53. The maximum atomic E-state index is 4.23. The van der Waals surface area contributed by atoms with Gasteiger partial charge in [-0.15, -0.1) is 0 Å². The topological polar surface area (TPSA) is 33.1 Å². The molecule has 2 heterocycles. The van der Waals surface area contributed by atoms with E-state index in [0.29, 0.717) is 6.04 Å². The summed E-state index contributed by atoms with van der Waals surface area (Å²) >= 11 is 0. The van der Waals surface area contributed by atoms with Gasteiger partial charge in [-0.1, -0.05) is 12.1 Å². The number of likely N-dealkylation sites (N-methyl/N-ethyl adjacent to an activating group) is 1. The minimum absolute atomic E-state index is 0.691. The number of aromatic nitrogens is 2. The van der Waals surface area contributed by atoms with Gasteiger partial charge in [-0.2, -0.15) is 5.10 Å². The van der Waals surface area contributed by atoms with Crippen LogP contribution in [0.3, 0.4) is 0 Å². The molecule has 1 saturated heterocycles. The van der Waals surface area contributed by atoms with Crippen LogP contribution in [0, 0.1) is 0 Å². The van der Waals surface area contributed by atoms with Crippen molar-refractivity contribution in [1.82, 2.24) is 20.0 Å². The predicted molar refractivity (Wildman–Crippen MR) is 71.7 cm³/mol. The highest BCUT2D eigenvalue weighted by Gasteiger charge is 2.21. The van der Waals surface area contributed by atoms with Crippen LogP contribution in [0.15, 0.2) is 42.7 Å². The van der Waals surface area contributed by atoms with Crippen molar-refractivity contribution in [1.29, 1.82) is 0 Å². The third-order valence-electron chi connectivity index (χ3n) is 3.52. The molecule has 1 aliphatic rings. The summed E-state index contributed by atoms with van der Waals surface area (Å²) in [6.07, 6.45) is 3.76. The first kappa shape index (κ1) is 11.4. The standard InChI is InChI=1S/C14H18N4/c1-17(14-9-15-10-14)11-12-3-5-13(6-4-12)18-8-2-7-16-18/h2-8,14-15H,9-11H2,1H3. The fraction of sp³-hybridized carbons (Fsp3) is 0.357. The lowest BCUT2D eigenvalue weighted by Crippen LogP contribution is -2.55. The maximum Gasteiger partial charge on any atom is 0.0645 e. The van der Waals surface area contributed by atoms with E-state index in [1.807, 2.05) is 16.9 Å². The van der Waals surface area contributed by atoms with Gasteiger partial charge in [-0.25, -0.2) is 4.68 Å². The number of benzene rings is 1. The zero-order chi connectivity index (χ0) is 12.4. The van der Waals surface area contributed by atoms with Crippen molar-refractivity contribution in [3.05, 3.63) is 48.3 Å². The molecule has 0 spiro atoms. The molecule has 0 radical (unpaired) electrons. The summed E-state index contributed by atoms with van der Waals surface area (Å²) in [7, 11) is 2.19. The SMILES string of the molecule is CN(Cc1ccc(-n2cccn2)cc1)C1CNC1. The van der Waals surface area contributed by atoms with Crippen LogP contribution in [-0.2, 0) is 6.54 Å². The normalized spacial score (nSPS) is 15.9. The van der Waals surface area contributed by atoms with Crippen LogP contribution >= 0.6 is 0 Å². The van der Waals surface area contributed by atoms with Gasteiger partial charge in [0, 0.05) is 38.1 Å². The molecule has 0 saturated carbocycles. The quantitative estimate of drug-likeness (QED) is 0.876. The van der Waals surface area contributed by atoms with Gasteiger partial charge in [-0.05, 0) is 30.8 Å². The molecule has 0 amide bonds. The molecule has 18 heavy (non-hydrogen) atoms. The van der Waals surface area contributed by atoms with Gasteiger partial charge in [0.05, 0.1) is 5.69 Å². The van der Waals surface area contributed by atoms with E-state index in [-0.39, 0.29) is 0 Å². The molecule has 4 heteroatoms. The van der Waals surface area contributed by atoms with Crippen molar-refractivity contribution in [3.63, 3.8) is 0 Å². The highest BCUT2D eigenvalue weighted by atomic mass is 15.3. The molecule has 0 atom stereocenters. The number of nitrogens with zero attached hydrogens (tertiary/aromatic N) is 3. The Morgan fingerprint density at radius 2 is 2.11 bits per heavy atom. The summed E-state index contributed by atoms with van der Waals surface area (Å²) in [6, 6.07) is 11.2. The lowest BCUT2D eigenvalue weighted by molar-refractivity contribution is 0.173. The first-order valence-corrected chi connectivity index (χ1v) is 6.33. The Bertz CT molecular complexity index is 485. The monoisotopic (exact) mass is 242 g/mol. The Balaban J connectivity index is 1.67. The second-order valence-electron chi connectivity index (χ2n) is 4.84. The first-order chi connectivity index (χ1) is 8.83. The summed E-state index contributed by atoms with van der Waals surface area (Å²) in [5.74, 6) is 0. The number of nitrogens with one attached hydrogen (secondary N) is 1. The van der Waals surface area contributed by atoms with E-state index >= 15 is 0 Å². The Morgan fingerprint density at radius 1 is 1.33 bits per heavy atom. The minimum atomic E-state index is 0.691. The lowest BCUT2D eigenvalue weighted by atomic mass is 10.1. The van der Waals surface area contributed by atoms with Crippen LogP contribution in [0.2, 0.25) is 0 Å². The van der Waals surface area contributed by atoms with Crippen LogP contribution in [0.25, 0.3) is 5.69 Å². The van der Waals surface area contributed by atoms with Crippen molar-refractivity contribution in [2.75, 3.05) is 20.1 Å². The van der Waals surface area contributed by atoms with Crippen LogP contribution < -0.4 is 5.32 Å². The molecular formula is C14H18N4. The molecule has 0 unspecified atom stereocenters. The van der Waals surface area contributed by atoms with E-state index in [2.05, 4.69) is 46.6 Å². The fourth-order valence-corrected chi connectivity index (χ4v) is 2.18. The number of rotatable bonds is 4. The van der Waals surface area contributed by atoms with Gasteiger partial charge < -0.3 is 5.32 Å². The van der Waals surface area contributed by atoms with E-state index in [9.17, 15) is 0 Å². The molecular weight excluding hydrogens is 224 g/mol. The molecule has 2 aromatic rings. The highest BCUT2D eigenvalue weighted by Crippen LogP contribution is 2.12. The second-order valence-corrected chi connectivity index (χ2v) is 4.84. The van der Waals surface area contributed by atoms with Crippen LogP contribution in [-0.4, -0.2) is 40.9 Å². The maximum absolute atomic E-state index is 4.23. The zero-order valence-corrected chi connectivity index (χ0v) is 10.6. The molecule has 3 rings (SSSR count). The minimum Gasteiger partial charge on any atom is -0.314 e. The Labute approximate surface area is 107 Å². The smallest absolute Gasteiger partial charge is 0.0645 e. The van der Waals surface area contributed by atoms with Gasteiger partial charge in [0.15, 0.2) is 0 Å². The largest absolute Gasteiger partial charge is 0.314 e. The van der Waals surface area contributed by atoms with E-state index in [0.717, 1.165) is 25.3 Å². The Morgan fingerprint density at radius 3 is 2.67 bits per heavy atom. The third kappa shape index (κ3) is 2.30. The predicted octanol–water partition coefficient (Wildman–Crippen LogP) is 1.28.